The quantitative estimate of drug-likeness (QED) is 0.853. The Bertz CT molecular complexity index is 482. The Kier molecular flexibility index (Phi) is 4.25. The first-order valence-corrected chi connectivity index (χ1v) is 6.49. The third-order valence-corrected chi connectivity index (χ3v) is 3.46. The number of rotatable bonds is 4. The first-order chi connectivity index (χ1) is 8.29. The molecule has 0 aliphatic heterocycles. The highest BCUT2D eigenvalue weighted by atomic mass is 127. The van der Waals surface area contributed by atoms with Gasteiger partial charge >= 0.3 is 0 Å². The van der Waals surface area contributed by atoms with E-state index in [9.17, 15) is 0 Å². The van der Waals surface area contributed by atoms with Gasteiger partial charge in [0.2, 0.25) is 0 Å². The van der Waals surface area contributed by atoms with Crippen molar-refractivity contribution >= 4 is 28.3 Å². The molecule has 0 saturated heterocycles. The zero-order valence-electron chi connectivity index (χ0n) is 9.61. The van der Waals surface area contributed by atoms with E-state index >= 15 is 0 Å². The fourth-order valence-electron chi connectivity index (χ4n) is 1.55. The van der Waals surface area contributed by atoms with Crippen LogP contribution < -0.4 is 10.1 Å². The molecule has 0 heterocycles. The summed E-state index contributed by atoms with van der Waals surface area (Å²) < 4.78 is 6.36. The molecular weight excluding hydrogens is 325 g/mol. The van der Waals surface area contributed by atoms with E-state index in [0.717, 1.165) is 12.3 Å². The predicted octanol–water partition coefficient (Wildman–Crippen LogP) is 3.91. The molecular formula is C14H14INO. The molecule has 0 saturated carbocycles. The lowest BCUT2D eigenvalue weighted by atomic mass is 10.2. The van der Waals surface area contributed by atoms with Crippen molar-refractivity contribution in [1.82, 2.24) is 0 Å². The molecule has 88 valence electrons. The number of hydrogen-bond donors (Lipinski definition) is 1. The molecule has 17 heavy (non-hydrogen) atoms. The van der Waals surface area contributed by atoms with E-state index in [1.165, 1.54) is 14.8 Å². The molecule has 0 radical (unpaired) electrons. The Balaban J connectivity index is 2.00. The molecule has 0 aromatic heterocycles. The Morgan fingerprint density at radius 1 is 1.06 bits per heavy atom. The van der Waals surface area contributed by atoms with Gasteiger partial charge in [-0.05, 0) is 52.4 Å². The largest absolute Gasteiger partial charge is 0.497 e. The van der Waals surface area contributed by atoms with Crippen LogP contribution >= 0.6 is 22.6 Å². The number of anilines is 1. The Hall–Kier alpha value is -1.23. The van der Waals surface area contributed by atoms with Crippen LogP contribution in [0.1, 0.15) is 5.56 Å². The smallest absolute Gasteiger partial charge is 0.118 e. The molecule has 0 unspecified atom stereocenters. The maximum Gasteiger partial charge on any atom is 0.118 e. The lowest BCUT2D eigenvalue weighted by Gasteiger charge is -2.08. The SMILES string of the molecule is COc1ccc(CNc2ccccc2I)cc1. The van der Waals surface area contributed by atoms with Crippen LogP contribution in [0.25, 0.3) is 0 Å². The van der Waals surface area contributed by atoms with E-state index in [-0.39, 0.29) is 0 Å². The molecule has 0 fully saturated rings. The third kappa shape index (κ3) is 3.36. The molecule has 0 spiro atoms. The van der Waals surface area contributed by atoms with Crippen molar-refractivity contribution in [2.45, 2.75) is 6.54 Å². The van der Waals surface area contributed by atoms with Crippen molar-refractivity contribution in [2.75, 3.05) is 12.4 Å². The lowest BCUT2D eigenvalue weighted by Crippen LogP contribution is -2.00. The lowest BCUT2D eigenvalue weighted by molar-refractivity contribution is 0.414. The minimum atomic E-state index is 0.823. The summed E-state index contributed by atoms with van der Waals surface area (Å²) >= 11 is 2.33. The number of hydrogen-bond acceptors (Lipinski definition) is 2. The second kappa shape index (κ2) is 5.91. The van der Waals surface area contributed by atoms with Gasteiger partial charge in [-0.2, -0.15) is 0 Å². The van der Waals surface area contributed by atoms with E-state index in [1.54, 1.807) is 7.11 Å². The summed E-state index contributed by atoms with van der Waals surface area (Å²) in [6.07, 6.45) is 0. The van der Waals surface area contributed by atoms with Gasteiger partial charge in [0.15, 0.2) is 0 Å². The van der Waals surface area contributed by atoms with Crippen molar-refractivity contribution in [3.8, 4) is 5.75 Å². The molecule has 0 aliphatic carbocycles. The van der Waals surface area contributed by atoms with Gasteiger partial charge in [-0.1, -0.05) is 24.3 Å². The van der Waals surface area contributed by atoms with Crippen LogP contribution in [0.3, 0.4) is 0 Å². The number of benzene rings is 2. The predicted molar refractivity (Wildman–Crippen MR) is 79.5 cm³/mol. The van der Waals surface area contributed by atoms with E-state index in [0.29, 0.717) is 0 Å². The van der Waals surface area contributed by atoms with Crippen LogP contribution in [0.5, 0.6) is 5.75 Å². The standard InChI is InChI=1S/C14H14INO/c1-17-12-8-6-11(7-9-12)10-16-14-5-3-2-4-13(14)15/h2-9,16H,10H2,1H3. The number of methoxy groups -OCH3 is 1. The van der Waals surface area contributed by atoms with Gasteiger partial charge in [0, 0.05) is 15.8 Å². The molecule has 1 N–H and O–H groups in total. The van der Waals surface area contributed by atoms with Gasteiger partial charge in [0.1, 0.15) is 5.75 Å². The highest BCUT2D eigenvalue weighted by molar-refractivity contribution is 14.1. The second-order valence-corrected chi connectivity index (χ2v) is 4.84. The van der Waals surface area contributed by atoms with Crippen molar-refractivity contribution in [1.29, 1.82) is 0 Å². The Morgan fingerprint density at radius 2 is 1.76 bits per heavy atom. The normalized spacial score (nSPS) is 10.0. The fourth-order valence-corrected chi connectivity index (χ4v) is 2.12. The van der Waals surface area contributed by atoms with Gasteiger partial charge in [-0.3, -0.25) is 0 Å². The van der Waals surface area contributed by atoms with Gasteiger partial charge in [-0.25, -0.2) is 0 Å². The molecule has 2 aromatic carbocycles. The minimum absolute atomic E-state index is 0.823. The molecule has 2 rings (SSSR count). The molecule has 2 nitrogen and oxygen atoms in total. The van der Waals surface area contributed by atoms with Crippen LogP contribution in [-0.4, -0.2) is 7.11 Å². The van der Waals surface area contributed by atoms with E-state index in [4.69, 9.17) is 4.74 Å². The van der Waals surface area contributed by atoms with Crippen molar-refractivity contribution < 1.29 is 4.74 Å². The minimum Gasteiger partial charge on any atom is -0.497 e. The average Bonchev–Trinajstić information content (AvgIpc) is 2.38. The fraction of sp³-hybridized carbons (Fsp3) is 0.143. The topological polar surface area (TPSA) is 21.3 Å². The second-order valence-electron chi connectivity index (χ2n) is 3.68. The van der Waals surface area contributed by atoms with Crippen LogP contribution in [0, 0.1) is 3.57 Å². The van der Waals surface area contributed by atoms with Gasteiger partial charge < -0.3 is 10.1 Å². The number of nitrogens with one attached hydrogen (secondary N) is 1. The summed E-state index contributed by atoms with van der Waals surface area (Å²) in [7, 11) is 1.68. The van der Waals surface area contributed by atoms with Gasteiger partial charge in [0.25, 0.3) is 0 Å². The van der Waals surface area contributed by atoms with E-state index in [1.807, 2.05) is 24.3 Å². The van der Waals surface area contributed by atoms with E-state index in [2.05, 4.69) is 52.2 Å². The zero-order chi connectivity index (χ0) is 12.1. The van der Waals surface area contributed by atoms with Crippen LogP contribution in [-0.2, 0) is 6.54 Å². The average molecular weight is 339 g/mol. The van der Waals surface area contributed by atoms with Crippen LogP contribution in [0.15, 0.2) is 48.5 Å². The Labute approximate surface area is 115 Å². The van der Waals surface area contributed by atoms with Crippen LogP contribution in [0.2, 0.25) is 0 Å². The highest BCUT2D eigenvalue weighted by Crippen LogP contribution is 2.18. The van der Waals surface area contributed by atoms with Gasteiger partial charge in [0.05, 0.1) is 7.11 Å². The van der Waals surface area contributed by atoms with Crippen molar-refractivity contribution in [2.24, 2.45) is 0 Å². The molecule has 0 amide bonds. The van der Waals surface area contributed by atoms with Crippen molar-refractivity contribution in [3.05, 3.63) is 57.7 Å². The first kappa shape index (κ1) is 12.2. The maximum absolute atomic E-state index is 5.13. The zero-order valence-corrected chi connectivity index (χ0v) is 11.8. The number of para-hydroxylation sites is 1. The molecule has 2 aromatic rings. The van der Waals surface area contributed by atoms with E-state index < -0.39 is 0 Å². The molecule has 0 atom stereocenters. The number of halogens is 1. The molecule has 0 aliphatic rings. The first-order valence-electron chi connectivity index (χ1n) is 5.41. The highest BCUT2D eigenvalue weighted by Gasteiger charge is 1.98. The summed E-state index contributed by atoms with van der Waals surface area (Å²) in [4.78, 5) is 0. The summed E-state index contributed by atoms with van der Waals surface area (Å²) in [5, 5.41) is 3.42. The number of ether oxygens (including phenoxy) is 1. The van der Waals surface area contributed by atoms with Crippen LogP contribution in [0.4, 0.5) is 5.69 Å². The summed E-state index contributed by atoms with van der Waals surface area (Å²) in [6.45, 7) is 0.823. The Morgan fingerprint density at radius 3 is 2.41 bits per heavy atom. The summed E-state index contributed by atoms with van der Waals surface area (Å²) in [6, 6.07) is 16.4. The van der Waals surface area contributed by atoms with Gasteiger partial charge in [-0.15, -0.1) is 0 Å². The summed E-state index contributed by atoms with van der Waals surface area (Å²) in [5.41, 5.74) is 2.41. The van der Waals surface area contributed by atoms with Crippen molar-refractivity contribution in [3.63, 3.8) is 0 Å². The summed E-state index contributed by atoms with van der Waals surface area (Å²) in [5.74, 6) is 0.892. The molecule has 0 bridgehead atoms. The monoisotopic (exact) mass is 339 g/mol. The third-order valence-electron chi connectivity index (χ3n) is 2.52. The molecule has 3 heteroatoms. The maximum atomic E-state index is 5.13.